The van der Waals surface area contributed by atoms with Crippen LogP contribution in [0.25, 0.3) is 11.2 Å². The summed E-state index contributed by atoms with van der Waals surface area (Å²) >= 11 is 0. The molecule has 0 bridgehead atoms. The molecule has 6 heteroatoms. The molecular weight excluding hydrogens is 194 g/mol. The first-order chi connectivity index (χ1) is 7.08. The van der Waals surface area contributed by atoms with Crippen LogP contribution in [0.5, 0.6) is 0 Å². The molecule has 2 rings (SSSR count). The van der Waals surface area contributed by atoms with Gasteiger partial charge in [0.25, 0.3) is 5.56 Å². The van der Waals surface area contributed by atoms with Crippen molar-refractivity contribution in [2.45, 2.75) is 6.92 Å². The van der Waals surface area contributed by atoms with Crippen LogP contribution in [-0.2, 0) is 0 Å². The summed E-state index contributed by atoms with van der Waals surface area (Å²) < 4.78 is 0. The molecular formula is C9H11N5O. The van der Waals surface area contributed by atoms with Gasteiger partial charge in [-0.1, -0.05) is 0 Å². The summed E-state index contributed by atoms with van der Waals surface area (Å²) in [5.41, 5.74) is 1.08. The topological polar surface area (TPSA) is 74.8 Å². The van der Waals surface area contributed by atoms with Crippen molar-refractivity contribution in [1.29, 1.82) is 0 Å². The first-order valence-electron chi connectivity index (χ1n) is 4.49. The maximum Gasteiger partial charge on any atom is 0.280 e. The molecule has 6 nitrogen and oxygen atoms in total. The van der Waals surface area contributed by atoms with Crippen LogP contribution in [0.2, 0.25) is 0 Å². The van der Waals surface area contributed by atoms with Crippen LogP contribution in [0.4, 0.5) is 5.95 Å². The molecule has 0 radical (unpaired) electrons. The lowest BCUT2D eigenvalue weighted by atomic mass is 10.4. The van der Waals surface area contributed by atoms with Gasteiger partial charge in [-0.2, -0.15) is 4.98 Å². The first kappa shape index (κ1) is 9.57. The number of hydrogen-bond acceptors (Lipinski definition) is 5. The van der Waals surface area contributed by atoms with Crippen molar-refractivity contribution >= 4 is 17.1 Å². The molecule has 2 aromatic rings. The van der Waals surface area contributed by atoms with Crippen molar-refractivity contribution in [1.82, 2.24) is 19.9 Å². The van der Waals surface area contributed by atoms with Crippen LogP contribution in [-0.4, -0.2) is 34.0 Å². The van der Waals surface area contributed by atoms with E-state index in [-0.39, 0.29) is 11.1 Å². The Morgan fingerprint density at radius 1 is 1.33 bits per heavy atom. The smallest absolute Gasteiger partial charge is 0.280 e. The Morgan fingerprint density at radius 2 is 2.07 bits per heavy atom. The van der Waals surface area contributed by atoms with E-state index in [4.69, 9.17) is 0 Å². The molecule has 0 aliphatic carbocycles. The molecule has 0 spiro atoms. The number of rotatable bonds is 1. The molecule has 2 heterocycles. The van der Waals surface area contributed by atoms with Crippen molar-refractivity contribution in [3.8, 4) is 0 Å². The van der Waals surface area contributed by atoms with Gasteiger partial charge in [-0.15, -0.1) is 0 Å². The minimum atomic E-state index is -0.264. The predicted molar refractivity (Wildman–Crippen MR) is 57.0 cm³/mol. The number of aryl methyl sites for hydroxylation is 1. The normalized spacial score (nSPS) is 10.6. The third-order valence-corrected chi connectivity index (χ3v) is 1.95. The molecule has 0 aromatic carbocycles. The molecule has 1 N–H and O–H groups in total. The van der Waals surface area contributed by atoms with E-state index < -0.39 is 0 Å². The molecule has 15 heavy (non-hydrogen) atoms. The molecule has 0 saturated carbocycles. The lowest BCUT2D eigenvalue weighted by Crippen LogP contribution is -2.19. The fourth-order valence-electron chi connectivity index (χ4n) is 1.21. The van der Waals surface area contributed by atoms with Gasteiger partial charge in [-0.25, -0.2) is 9.97 Å². The summed E-state index contributed by atoms with van der Waals surface area (Å²) in [6, 6.07) is 0. The summed E-state index contributed by atoms with van der Waals surface area (Å²) in [5.74, 6) is 0.477. The van der Waals surface area contributed by atoms with Crippen LogP contribution in [0, 0.1) is 6.92 Å². The number of nitrogens with one attached hydrogen (secondary N) is 1. The van der Waals surface area contributed by atoms with Crippen LogP contribution in [0.1, 0.15) is 5.69 Å². The standard InChI is InChI=1S/C9H11N5O/c1-5-4-10-7-6(11-5)8(15)13-9(12-7)14(2)3/h4H,1-3H3,(H,10,12,13,15). The maximum atomic E-state index is 11.6. The van der Waals surface area contributed by atoms with Crippen LogP contribution in [0.3, 0.4) is 0 Å². The van der Waals surface area contributed by atoms with E-state index in [0.717, 1.165) is 0 Å². The average molecular weight is 205 g/mol. The maximum absolute atomic E-state index is 11.6. The zero-order valence-corrected chi connectivity index (χ0v) is 8.77. The van der Waals surface area contributed by atoms with Crippen molar-refractivity contribution in [3.63, 3.8) is 0 Å². The number of hydrogen-bond donors (Lipinski definition) is 1. The highest BCUT2D eigenvalue weighted by molar-refractivity contribution is 5.69. The van der Waals surface area contributed by atoms with E-state index in [0.29, 0.717) is 17.3 Å². The van der Waals surface area contributed by atoms with Gasteiger partial charge < -0.3 is 4.90 Å². The van der Waals surface area contributed by atoms with Crippen molar-refractivity contribution in [3.05, 3.63) is 22.2 Å². The van der Waals surface area contributed by atoms with E-state index in [1.165, 1.54) is 0 Å². The van der Waals surface area contributed by atoms with E-state index in [9.17, 15) is 4.79 Å². The lowest BCUT2D eigenvalue weighted by Gasteiger charge is -2.10. The van der Waals surface area contributed by atoms with Crippen LogP contribution >= 0.6 is 0 Å². The second-order valence-electron chi connectivity index (χ2n) is 3.47. The van der Waals surface area contributed by atoms with Gasteiger partial charge >= 0.3 is 0 Å². The van der Waals surface area contributed by atoms with Crippen LogP contribution < -0.4 is 10.5 Å². The lowest BCUT2D eigenvalue weighted by molar-refractivity contribution is 0.983. The third kappa shape index (κ3) is 1.65. The van der Waals surface area contributed by atoms with Gasteiger partial charge in [0.15, 0.2) is 11.2 Å². The highest BCUT2D eigenvalue weighted by Crippen LogP contribution is 2.05. The second-order valence-corrected chi connectivity index (χ2v) is 3.47. The Bertz CT molecular complexity index is 560. The minimum absolute atomic E-state index is 0.264. The Labute approximate surface area is 86.0 Å². The largest absolute Gasteiger partial charge is 0.348 e. The number of aromatic nitrogens is 4. The summed E-state index contributed by atoms with van der Waals surface area (Å²) in [6.07, 6.45) is 1.59. The van der Waals surface area contributed by atoms with E-state index in [1.807, 2.05) is 0 Å². The zero-order valence-electron chi connectivity index (χ0n) is 8.77. The quantitative estimate of drug-likeness (QED) is 0.714. The first-order valence-corrected chi connectivity index (χ1v) is 4.49. The fourth-order valence-corrected chi connectivity index (χ4v) is 1.21. The van der Waals surface area contributed by atoms with Crippen molar-refractivity contribution in [2.24, 2.45) is 0 Å². The van der Waals surface area contributed by atoms with Gasteiger partial charge in [0.2, 0.25) is 5.95 Å². The molecule has 0 aliphatic heterocycles. The van der Waals surface area contributed by atoms with Gasteiger partial charge in [0.1, 0.15) is 0 Å². The van der Waals surface area contributed by atoms with Gasteiger partial charge in [-0.05, 0) is 6.92 Å². The van der Waals surface area contributed by atoms with E-state index >= 15 is 0 Å². The van der Waals surface area contributed by atoms with Crippen LogP contribution in [0.15, 0.2) is 11.0 Å². The van der Waals surface area contributed by atoms with Gasteiger partial charge in [-0.3, -0.25) is 9.78 Å². The molecule has 0 atom stereocenters. The fraction of sp³-hybridized carbons (Fsp3) is 0.333. The average Bonchev–Trinajstić information content (AvgIpc) is 2.18. The molecule has 0 saturated heterocycles. The number of fused-ring (bicyclic) bond motifs is 1. The third-order valence-electron chi connectivity index (χ3n) is 1.95. The monoisotopic (exact) mass is 205 g/mol. The van der Waals surface area contributed by atoms with Gasteiger partial charge in [0, 0.05) is 14.1 Å². The second kappa shape index (κ2) is 3.30. The molecule has 0 aliphatic rings. The molecule has 0 unspecified atom stereocenters. The summed E-state index contributed by atoms with van der Waals surface area (Å²) in [5, 5.41) is 0. The number of H-pyrrole nitrogens is 1. The van der Waals surface area contributed by atoms with Crippen molar-refractivity contribution < 1.29 is 0 Å². The highest BCUT2D eigenvalue weighted by Gasteiger charge is 2.07. The molecule has 2 aromatic heterocycles. The summed E-state index contributed by atoms with van der Waals surface area (Å²) in [7, 11) is 3.59. The number of aromatic amines is 1. The Balaban J connectivity index is 2.79. The van der Waals surface area contributed by atoms with E-state index in [2.05, 4.69) is 19.9 Å². The predicted octanol–water partition coefficient (Wildman–Crippen LogP) is 0.0875. The Hall–Kier alpha value is -1.98. The summed E-state index contributed by atoms with van der Waals surface area (Å²) in [4.78, 5) is 28.3. The Kier molecular flexibility index (Phi) is 2.11. The molecule has 78 valence electrons. The SMILES string of the molecule is Cc1cnc2nc(N(C)C)[nH]c(=O)c2n1. The zero-order chi connectivity index (χ0) is 11.0. The number of nitrogens with zero attached hydrogens (tertiary/aromatic N) is 4. The highest BCUT2D eigenvalue weighted by atomic mass is 16.1. The summed E-state index contributed by atoms with van der Waals surface area (Å²) in [6.45, 7) is 1.78. The van der Waals surface area contributed by atoms with E-state index in [1.54, 1.807) is 32.1 Å². The minimum Gasteiger partial charge on any atom is -0.348 e. The Morgan fingerprint density at radius 3 is 2.73 bits per heavy atom. The van der Waals surface area contributed by atoms with Gasteiger partial charge in [0.05, 0.1) is 11.9 Å². The molecule has 0 amide bonds. The molecule has 0 fully saturated rings. The number of anilines is 1. The van der Waals surface area contributed by atoms with Crippen molar-refractivity contribution in [2.75, 3.05) is 19.0 Å².